The van der Waals surface area contributed by atoms with Gasteiger partial charge < -0.3 is 10.1 Å². The highest BCUT2D eigenvalue weighted by Crippen LogP contribution is 2.44. The molecule has 2 aliphatic rings. The van der Waals surface area contributed by atoms with Gasteiger partial charge in [0.2, 0.25) is 0 Å². The van der Waals surface area contributed by atoms with Crippen molar-refractivity contribution >= 4 is 11.6 Å². The van der Waals surface area contributed by atoms with Gasteiger partial charge in [0.1, 0.15) is 36.0 Å². The fourth-order valence-electron chi connectivity index (χ4n) is 6.13. The Morgan fingerprint density at radius 2 is 1.75 bits per heavy atom. The number of hydrogen-bond acceptors (Lipinski definition) is 6. The molecular weight excluding hydrogens is 500 g/mol. The van der Waals surface area contributed by atoms with E-state index in [2.05, 4.69) is 54.4 Å². The van der Waals surface area contributed by atoms with Crippen LogP contribution in [-0.2, 0) is 21.4 Å². The number of benzene rings is 3. The predicted octanol–water partition coefficient (Wildman–Crippen LogP) is 5.74. The summed E-state index contributed by atoms with van der Waals surface area (Å²) in [5, 5.41) is 7.82. The van der Waals surface area contributed by atoms with Crippen LogP contribution in [0.4, 0.5) is 0 Å². The van der Waals surface area contributed by atoms with E-state index in [1.54, 1.807) is 11.0 Å². The Hall–Kier alpha value is -4.10. The van der Waals surface area contributed by atoms with Gasteiger partial charge in [0.05, 0.1) is 5.92 Å². The minimum atomic E-state index is -0.785. The zero-order valence-corrected chi connectivity index (χ0v) is 23.1. The SMILES string of the molecule is CC(C)(C)c1ccc(Oc2cccc([C@H]3CC(=O)[C@@H]([C@@H]4NCCc5ccccc54)C(=O)[C@@H]3n3cncn3)c2)cc1. The molecule has 4 atom stereocenters. The maximum atomic E-state index is 14.2. The van der Waals surface area contributed by atoms with Crippen LogP contribution in [0.15, 0.2) is 85.5 Å². The Kier molecular flexibility index (Phi) is 6.84. The monoisotopic (exact) mass is 534 g/mol. The van der Waals surface area contributed by atoms with Gasteiger partial charge in [-0.2, -0.15) is 5.10 Å². The summed E-state index contributed by atoms with van der Waals surface area (Å²) in [4.78, 5) is 32.1. The number of nitrogens with zero attached hydrogens (tertiary/aromatic N) is 3. The van der Waals surface area contributed by atoms with Gasteiger partial charge in [-0.15, -0.1) is 0 Å². The summed E-state index contributed by atoms with van der Waals surface area (Å²) in [5.74, 6) is 0.0325. The normalized spacial score (nSPS) is 23.1. The van der Waals surface area contributed by atoms with Crippen LogP contribution >= 0.6 is 0 Å². The zero-order chi connectivity index (χ0) is 27.9. The van der Waals surface area contributed by atoms with Crippen molar-refractivity contribution in [3.05, 3.63) is 108 Å². The van der Waals surface area contributed by atoms with Gasteiger partial charge in [-0.05, 0) is 64.9 Å². The molecule has 6 rings (SSSR count). The van der Waals surface area contributed by atoms with E-state index in [-0.39, 0.29) is 35.4 Å². The highest BCUT2D eigenvalue weighted by molar-refractivity contribution is 6.08. The first-order chi connectivity index (χ1) is 19.3. The summed E-state index contributed by atoms with van der Waals surface area (Å²) >= 11 is 0. The van der Waals surface area contributed by atoms with E-state index in [0.717, 1.165) is 29.8 Å². The second-order valence-electron chi connectivity index (χ2n) is 11.8. The zero-order valence-electron chi connectivity index (χ0n) is 23.1. The van der Waals surface area contributed by atoms with E-state index in [9.17, 15) is 9.59 Å². The number of carbonyl (C=O) groups excluding carboxylic acids is 2. The molecule has 1 fully saturated rings. The molecule has 1 saturated carbocycles. The van der Waals surface area contributed by atoms with Gasteiger partial charge in [0.25, 0.3) is 0 Å². The van der Waals surface area contributed by atoms with Crippen LogP contribution in [0.5, 0.6) is 11.5 Å². The lowest BCUT2D eigenvalue weighted by Gasteiger charge is -2.39. The van der Waals surface area contributed by atoms with Crippen molar-refractivity contribution in [2.45, 2.75) is 57.0 Å². The molecule has 1 aliphatic heterocycles. The number of fused-ring (bicyclic) bond motifs is 1. The van der Waals surface area contributed by atoms with Gasteiger partial charge in [-0.3, -0.25) is 9.59 Å². The van der Waals surface area contributed by atoms with Crippen LogP contribution in [0.25, 0.3) is 0 Å². The number of carbonyl (C=O) groups is 2. The van der Waals surface area contributed by atoms with Gasteiger partial charge >= 0.3 is 0 Å². The molecule has 1 N–H and O–H groups in total. The largest absolute Gasteiger partial charge is 0.457 e. The average molecular weight is 535 g/mol. The first-order valence-electron chi connectivity index (χ1n) is 13.9. The van der Waals surface area contributed by atoms with E-state index >= 15 is 0 Å². The molecule has 0 bridgehead atoms. The van der Waals surface area contributed by atoms with Gasteiger partial charge in [0, 0.05) is 18.4 Å². The van der Waals surface area contributed by atoms with Gasteiger partial charge in [-0.1, -0.05) is 69.3 Å². The number of hydrogen-bond donors (Lipinski definition) is 1. The molecule has 0 amide bonds. The summed E-state index contributed by atoms with van der Waals surface area (Å²) in [7, 11) is 0. The molecule has 2 heterocycles. The number of aromatic nitrogens is 3. The number of Topliss-reactive ketones (excluding diaryl/α,β-unsaturated/α-hetero) is 2. The lowest BCUT2D eigenvalue weighted by molar-refractivity contribution is -0.141. The van der Waals surface area contributed by atoms with Crippen LogP contribution < -0.4 is 10.1 Å². The summed E-state index contributed by atoms with van der Waals surface area (Å²) in [6.07, 6.45) is 4.11. The van der Waals surface area contributed by atoms with Crippen molar-refractivity contribution in [2.24, 2.45) is 5.92 Å². The summed E-state index contributed by atoms with van der Waals surface area (Å²) in [6.45, 7) is 7.27. The lowest BCUT2D eigenvalue weighted by atomic mass is 9.69. The molecule has 3 aromatic carbocycles. The first kappa shape index (κ1) is 26.1. The molecule has 7 nitrogen and oxygen atoms in total. The average Bonchev–Trinajstić information content (AvgIpc) is 3.47. The Bertz CT molecular complexity index is 1520. The topological polar surface area (TPSA) is 86.1 Å². The maximum absolute atomic E-state index is 14.2. The van der Waals surface area contributed by atoms with Crippen LogP contribution in [0.2, 0.25) is 0 Å². The highest BCUT2D eigenvalue weighted by Gasteiger charge is 2.49. The van der Waals surface area contributed by atoms with Crippen molar-refractivity contribution in [1.82, 2.24) is 20.1 Å². The van der Waals surface area contributed by atoms with E-state index in [4.69, 9.17) is 4.74 Å². The molecule has 204 valence electrons. The number of ether oxygens (including phenoxy) is 1. The Morgan fingerprint density at radius 3 is 2.50 bits per heavy atom. The second kappa shape index (κ2) is 10.5. The molecule has 0 unspecified atom stereocenters. The van der Waals surface area contributed by atoms with Crippen molar-refractivity contribution in [2.75, 3.05) is 6.54 Å². The second-order valence-corrected chi connectivity index (χ2v) is 11.8. The number of ketones is 2. The molecule has 1 aliphatic carbocycles. The predicted molar refractivity (Wildman–Crippen MR) is 152 cm³/mol. The molecule has 0 radical (unpaired) electrons. The Balaban J connectivity index is 1.31. The highest BCUT2D eigenvalue weighted by atomic mass is 16.5. The quantitative estimate of drug-likeness (QED) is 0.329. The fourth-order valence-corrected chi connectivity index (χ4v) is 6.13. The lowest BCUT2D eigenvalue weighted by Crippen LogP contribution is -2.48. The van der Waals surface area contributed by atoms with Crippen molar-refractivity contribution in [3.63, 3.8) is 0 Å². The van der Waals surface area contributed by atoms with Crippen LogP contribution in [-0.4, -0.2) is 32.9 Å². The molecule has 7 heteroatoms. The summed E-state index contributed by atoms with van der Waals surface area (Å²) < 4.78 is 7.81. The molecule has 0 spiro atoms. The smallest absolute Gasteiger partial charge is 0.170 e. The van der Waals surface area contributed by atoms with Gasteiger partial charge in [-0.25, -0.2) is 9.67 Å². The fraction of sp³-hybridized carbons (Fsp3) is 0.333. The Labute approximate surface area is 234 Å². The molecule has 0 saturated heterocycles. The molecule has 4 aromatic rings. The molecular formula is C33H34N4O3. The first-order valence-corrected chi connectivity index (χ1v) is 13.9. The number of nitrogens with one attached hydrogen (secondary N) is 1. The van der Waals surface area contributed by atoms with Crippen molar-refractivity contribution < 1.29 is 14.3 Å². The third-order valence-corrected chi connectivity index (χ3v) is 8.19. The van der Waals surface area contributed by atoms with E-state index in [0.29, 0.717) is 5.75 Å². The molecule has 1 aromatic heterocycles. The van der Waals surface area contributed by atoms with Crippen LogP contribution in [0.1, 0.15) is 67.4 Å². The maximum Gasteiger partial charge on any atom is 0.170 e. The van der Waals surface area contributed by atoms with E-state index < -0.39 is 12.0 Å². The minimum Gasteiger partial charge on any atom is -0.457 e. The third-order valence-electron chi connectivity index (χ3n) is 8.19. The van der Waals surface area contributed by atoms with Gasteiger partial charge in [0.15, 0.2) is 5.78 Å². The minimum absolute atomic E-state index is 0.0512. The molecule has 40 heavy (non-hydrogen) atoms. The standard InChI is InChI=1S/C33H34N4O3/c1-33(2,3)23-11-13-24(14-12-23)40-25-9-6-8-22(17-25)27-18-28(38)29(32(39)31(27)37-20-34-19-36-37)30-26-10-5-4-7-21(26)15-16-35-30/h4-14,17,19-20,27,29-31,35H,15-16,18H2,1-3H3/t27-,29+,30-,31-/m1/s1. The van der Waals surface area contributed by atoms with Crippen LogP contribution in [0.3, 0.4) is 0 Å². The summed E-state index contributed by atoms with van der Waals surface area (Å²) in [5.41, 5.74) is 4.37. The van der Waals surface area contributed by atoms with Crippen molar-refractivity contribution in [3.8, 4) is 11.5 Å². The van der Waals surface area contributed by atoms with E-state index in [1.165, 1.54) is 17.5 Å². The van der Waals surface area contributed by atoms with Crippen molar-refractivity contribution in [1.29, 1.82) is 0 Å². The van der Waals surface area contributed by atoms with Crippen LogP contribution in [0, 0.1) is 5.92 Å². The third kappa shape index (κ3) is 4.97. The number of rotatable bonds is 5. The van der Waals surface area contributed by atoms with E-state index in [1.807, 2.05) is 54.6 Å². The summed E-state index contributed by atoms with van der Waals surface area (Å²) in [6, 6.07) is 22.9. The Morgan fingerprint density at radius 1 is 0.950 bits per heavy atom.